The molecule has 2 bridgehead atoms. The number of aryl methyl sites for hydroxylation is 2. The quantitative estimate of drug-likeness (QED) is 0.239. The Bertz CT molecular complexity index is 1440. The van der Waals surface area contributed by atoms with Crippen LogP contribution in [0.4, 0.5) is 5.69 Å². The third kappa shape index (κ3) is 5.35. The van der Waals surface area contributed by atoms with Crippen molar-refractivity contribution < 1.29 is 19.5 Å². The summed E-state index contributed by atoms with van der Waals surface area (Å²) in [7, 11) is 0. The van der Waals surface area contributed by atoms with Gasteiger partial charge in [0.2, 0.25) is 11.8 Å². The molecule has 5 rings (SSSR count). The van der Waals surface area contributed by atoms with Gasteiger partial charge >= 0.3 is 0 Å². The molecule has 2 aromatic rings. The Balaban J connectivity index is 1.68. The van der Waals surface area contributed by atoms with Crippen molar-refractivity contribution in [2.75, 3.05) is 31.1 Å². The van der Waals surface area contributed by atoms with Crippen LogP contribution >= 0.6 is 27.7 Å². The Labute approximate surface area is 273 Å². The van der Waals surface area contributed by atoms with Gasteiger partial charge in [0.25, 0.3) is 5.91 Å². The topological polar surface area (TPSA) is 81.2 Å². The zero-order valence-corrected chi connectivity index (χ0v) is 28.1. The molecule has 0 aliphatic carbocycles. The zero-order chi connectivity index (χ0) is 31.8. The number of carbonyl (C=O) groups excluding carboxylic acids is 3. The molecule has 0 aromatic heterocycles. The summed E-state index contributed by atoms with van der Waals surface area (Å²) in [5, 5.41) is 10.7. The van der Waals surface area contributed by atoms with Crippen LogP contribution in [0.3, 0.4) is 0 Å². The van der Waals surface area contributed by atoms with E-state index in [9.17, 15) is 14.7 Å². The van der Waals surface area contributed by atoms with Gasteiger partial charge < -0.3 is 19.8 Å². The number of amides is 3. The molecular formula is C35H42BrN3O4S. The van der Waals surface area contributed by atoms with Gasteiger partial charge in [-0.15, -0.1) is 24.9 Å². The second-order valence-corrected chi connectivity index (χ2v) is 14.8. The fourth-order valence-corrected chi connectivity index (χ4v) is 11.1. The largest absolute Gasteiger partial charge is 0.394 e. The van der Waals surface area contributed by atoms with Crippen LogP contribution in [0.2, 0.25) is 0 Å². The summed E-state index contributed by atoms with van der Waals surface area (Å²) in [5.74, 6) is -1.82. The molecule has 3 fully saturated rings. The van der Waals surface area contributed by atoms with E-state index in [1.807, 2.05) is 69.3 Å². The second kappa shape index (κ2) is 13.2. The molecule has 2 aromatic carbocycles. The molecule has 7 nitrogen and oxygen atoms in total. The lowest BCUT2D eigenvalue weighted by Gasteiger charge is -2.40. The fraction of sp³-hybridized carbons (Fsp3) is 0.457. The summed E-state index contributed by atoms with van der Waals surface area (Å²) in [6.45, 7) is 14.7. The highest BCUT2D eigenvalue weighted by atomic mass is 79.9. The molecule has 7 atom stereocenters. The van der Waals surface area contributed by atoms with Crippen LogP contribution in [0.1, 0.15) is 42.5 Å². The first-order valence-electron chi connectivity index (χ1n) is 15.3. The summed E-state index contributed by atoms with van der Waals surface area (Å²) >= 11 is 5.49. The molecule has 3 unspecified atom stereocenters. The number of benzene rings is 2. The van der Waals surface area contributed by atoms with Crippen molar-refractivity contribution in [1.82, 2.24) is 9.80 Å². The second-order valence-electron chi connectivity index (χ2n) is 12.1. The number of hydrogen-bond acceptors (Lipinski definition) is 5. The molecule has 9 heteroatoms. The van der Waals surface area contributed by atoms with Gasteiger partial charge in [0.1, 0.15) is 6.04 Å². The minimum atomic E-state index is -0.899. The molecule has 3 aliphatic rings. The summed E-state index contributed by atoms with van der Waals surface area (Å²) in [6, 6.07) is 13.7. The molecule has 44 heavy (non-hydrogen) atoms. The smallest absolute Gasteiger partial charge is 0.251 e. The van der Waals surface area contributed by atoms with Crippen LogP contribution < -0.4 is 4.90 Å². The Morgan fingerprint density at radius 1 is 1.14 bits per heavy atom. The van der Waals surface area contributed by atoms with E-state index in [0.29, 0.717) is 19.5 Å². The number of carbonyl (C=O) groups is 3. The van der Waals surface area contributed by atoms with Gasteiger partial charge in [-0.25, -0.2) is 0 Å². The average molecular weight is 681 g/mol. The van der Waals surface area contributed by atoms with Gasteiger partial charge in [-0.2, -0.15) is 0 Å². The minimum absolute atomic E-state index is 0.0502. The van der Waals surface area contributed by atoms with Crippen LogP contribution in [0.5, 0.6) is 0 Å². The van der Waals surface area contributed by atoms with Gasteiger partial charge in [0.05, 0.1) is 29.2 Å². The number of halogens is 1. The van der Waals surface area contributed by atoms with Crippen molar-refractivity contribution >= 4 is 51.1 Å². The van der Waals surface area contributed by atoms with Gasteiger partial charge in [0, 0.05) is 35.4 Å². The van der Waals surface area contributed by atoms with Crippen LogP contribution in [0.15, 0.2) is 73.8 Å². The van der Waals surface area contributed by atoms with Crippen molar-refractivity contribution in [3.05, 3.63) is 90.5 Å². The Hall–Kier alpha value is -2.88. The average Bonchev–Trinajstić information content (AvgIpc) is 3.61. The first-order valence-corrected chi connectivity index (χ1v) is 17.1. The van der Waals surface area contributed by atoms with Crippen LogP contribution in [0.25, 0.3) is 0 Å². The molecule has 234 valence electrons. The van der Waals surface area contributed by atoms with Crippen LogP contribution in [0, 0.1) is 25.7 Å². The number of thioether (sulfide) groups is 1. The lowest BCUT2D eigenvalue weighted by Crippen LogP contribution is -2.56. The molecule has 0 radical (unpaired) electrons. The zero-order valence-electron chi connectivity index (χ0n) is 25.7. The number of likely N-dealkylation sites (tertiary alicyclic amines) is 1. The molecular weight excluding hydrogens is 638 g/mol. The normalized spacial score (nSPS) is 27.6. The first kappa shape index (κ1) is 32.5. The number of fused-ring (bicyclic) bond motifs is 1. The van der Waals surface area contributed by atoms with Crippen LogP contribution in [-0.2, 0) is 14.4 Å². The number of aliphatic hydroxyl groups excluding tert-OH is 1. The monoisotopic (exact) mass is 679 g/mol. The molecule has 1 N–H and O–H groups in total. The Kier molecular flexibility index (Phi) is 9.78. The Morgan fingerprint density at radius 2 is 1.84 bits per heavy atom. The van der Waals surface area contributed by atoms with Crippen molar-refractivity contribution in [3.8, 4) is 0 Å². The van der Waals surface area contributed by atoms with Gasteiger partial charge in [0.15, 0.2) is 0 Å². The van der Waals surface area contributed by atoms with Crippen molar-refractivity contribution in [2.45, 2.75) is 60.5 Å². The summed E-state index contributed by atoms with van der Waals surface area (Å²) in [6.07, 6.45) is 4.77. The van der Waals surface area contributed by atoms with Crippen LogP contribution in [-0.4, -0.2) is 79.7 Å². The summed E-state index contributed by atoms with van der Waals surface area (Å²) in [5.41, 5.74) is 3.47. The lowest BCUT2D eigenvalue weighted by molar-refractivity contribution is -0.145. The lowest BCUT2D eigenvalue weighted by atomic mass is 9.70. The third-order valence-corrected chi connectivity index (χ3v) is 12.5. The van der Waals surface area contributed by atoms with E-state index >= 15 is 4.79 Å². The Morgan fingerprint density at radius 3 is 2.48 bits per heavy atom. The van der Waals surface area contributed by atoms with E-state index in [4.69, 9.17) is 0 Å². The molecule has 3 amide bonds. The molecule has 0 saturated carbocycles. The molecule has 3 saturated heterocycles. The predicted molar refractivity (Wildman–Crippen MR) is 181 cm³/mol. The fourth-order valence-electron chi connectivity index (χ4n) is 7.52. The number of rotatable bonds is 12. The highest BCUT2D eigenvalue weighted by Crippen LogP contribution is 2.69. The van der Waals surface area contributed by atoms with Crippen molar-refractivity contribution in [3.63, 3.8) is 0 Å². The van der Waals surface area contributed by atoms with Crippen molar-refractivity contribution in [2.24, 2.45) is 11.8 Å². The minimum Gasteiger partial charge on any atom is -0.394 e. The number of anilines is 1. The first-order chi connectivity index (χ1) is 21.1. The number of aliphatic hydroxyl groups is 1. The molecule has 3 heterocycles. The maximum Gasteiger partial charge on any atom is 0.251 e. The molecule has 3 aliphatic heterocycles. The number of nitrogens with zero attached hydrogens (tertiary/aromatic N) is 3. The maximum absolute atomic E-state index is 15.1. The summed E-state index contributed by atoms with van der Waals surface area (Å²) in [4.78, 5) is 49.4. The number of alkyl halides is 1. The standard InChI is InChI=1S/C35H42BrN3O4S/c1-6-16-37(17-7-2)32(41)28-29-33(42)39(27(21-40)24-12-10-9-11-13-24)31(35(29)20-25(36)30(28)44-35)34(43)38(18-8-3)26-19-22(4)14-15-23(26)5/h6,8-15,19,25,27-31,40H,1,3,7,16-18,20-21H2,2,4-5H3/t25?,27-,28+,29+,30+,31?,35?/m1/s1. The van der Waals surface area contributed by atoms with E-state index in [1.54, 1.807) is 38.6 Å². The van der Waals surface area contributed by atoms with Gasteiger partial charge in [-0.3, -0.25) is 14.4 Å². The third-order valence-electron chi connectivity index (χ3n) is 9.33. The number of hydrogen-bond donors (Lipinski definition) is 1. The van der Waals surface area contributed by atoms with Crippen molar-refractivity contribution in [1.29, 1.82) is 0 Å². The predicted octanol–water partition coefficient (Wildman–Crippen LogP) is 5.45. The van der Waals surface area contributed by atoms with E-state index in [-0.39, 0.29) is 41.0 Å². The van der Waals surface area contributed by atoms with Gasteiger partial charge in [-0.05, 0) is 49.4 Å². The SMILES string of the molecule is C=CCN(CCC)C(=O)[C@H]1[C@H]2C(=O)N([C@H](CO)c3ccccc3)C(C(=O)N(CC=C)c3cc(C)ccc3C)C23CC(Br)[C@@H]1S3. The summed E-state index contributed by atoms with van der Waals surface area (Å²) < 4.78 is -0.848. The maximum atomic E-state index is 15.1. The molecule has 1 spiro atoms. The highest BCUT2D eigenvalue weighted by Gasteiger charge is 2.76. The van der Waals surface area contributed by atoms with E-state index in [1.165, 1.54) is 0 Å². The highest BCUT2D eigenvalue weighted by molar-refractivity contribution is 9.09. The van der Waals surface area contributed by atoms with E-state index < -0.39 is 28.7 Å². The van der Waals surface area contributed by atoms with E-state index in [0.717, 1.165) is 28.8 Å². The van der Waals surface area contributed by atoms with E-state index in [2.05, 4.69) is 29.1 Å². The van der Waals surface area contributed by atoms with Gasteiger partial charge in [-0.1, -0.05) is 77.5 Å².